The molecule has 1 atom stereocenters. The van der Waals surface area contributed by atoms with Crippen molar-refractivity contribution in [3.8, 4) is 12.1 Å². The number of carbonyl (C=O) groups excluding carboxylic acids is 1. The van der Waals surface area contributed by atoms with E-state index in [0.29, 0.717) is 32.3 Å². The highest BCUT2D eigenvalue weighted by Gasteiger charge is 2.13. The molecule has 0 aliphatic carbocycles. The smallest absolute Gasteiger partial charge is 0.308 e. The summed E-state index contributed by atoms with van der Waals surface area (Å²) >= 11 is 0. The highest BCUT2D eigenvalue weighted by atomic mass is 16.5. The molecule has 76 valence electrons. The van der Waals surface area contributed by atoms with E-state index in [0.717, 1.165) is 0 Å². The first-order valence-electron chi connectivity index (χ1n) is 4.63. The fraction of sp³-hybridized carbons (Fsp3) is 0.700. The second-order valence-electron chi connectivity index (χ2n) is 3.03. The monoisotopic (exact) mass is 194 g/mol. The van der Waals surface area contributed by atoms with Crippen molar-refractivity contribution in [1.82, 2.24) is 0 Å². The zero-order chi connectivity index (χ0) is 10.8. The van der Waals surface area contributed by atoms with Crippen LogP contribution in [0.15, 0.2) is 0 Å². The van der Waals surface area contributed by atoms with Crippen LogP contribution in [0.1, 0.15) is 32.6 Å². The minimum atomic E-state index is -0.279. The van der Waals surface area contributed by atoms with E-state index in [1.165, 1.54) is 0 Å². The number of rotatable bonds is 6. The molecule has 14 heavy (non-hydrogen) atoms. The zero-order valence-electron chi connectivity index (χ0n) is 8.32. The first-order valence-corrected chi connectivity index (χ1v) is 4.63. The predicted molar refractivity (Wildman–Crippen MR) is 49.8 cm³/mol. The van der Waals surface area contributed by atoms with Crippen molar-refractivity contribution in [1.29, 1.82) is 10.5 Å². The Kier molecular flexibility index (Phi) is 7.17. The lowest BCUT2D eigenvalue weighted by Gasteiger charge is -2.08. The molecule has 0 saturated carbocycles. The van der Waals surface area contributed by atoms with Crippen LogP contribution in [0.4, 0.5) is 0 Å². The molecule has 0 heterocycles. The van der Waals surface area contributed by atoms with Gasteiger partial charge in [-0.2, -0.15) is 10.5 Å². The van der Waals surface area contributed by atoms with E-state index in [1.54, 1.807) is 6.92 Å². The summed E-state index contributed by atoms with van der Waals surface area (Å²) in [5.74, 6) is -0.505. The first-order chi connectivity index (χ1) is 6.72. The summed E-state index contributed by atoms with van der Waals surface area (Å²) < 4.78 is 4.90. The van der Waals surface area contributed by atoms with Crippen molar-refractivity contribution in [3.05, 3.63) is 0 Å². The standard InChI is InChI=1S/C10H14N2O2/c1-9(5-4-7-12)10(13)14-8-3-2-6-11/h9H,2-5,8H2,1H3. The van der Waals surface area contributed by atoms with E-state index in [1.807, 2.05) is 12.1 Å². The maximum absolute atomic E-state index is 11.2. The van der Waals surface area contributed by atoms with E-state index in [-0.39, 0.29) is 11.9 Å². The summed E-state index contributed by atoms with van der Waals surface area (Å²) in [7, 11) is 0. The lowest BCUT2D eigenvalue weighted by Crippen LogP contribution is -2.15. The molecule has 0 fully saturated rings. The fourth-order valence-corrected chi connectivity index (χ4v) is 0.865. The van der Waals surface area contributed by atoms with Crippen molar-refractivity contribution in [2.75, 3.05) is 6.61 Å². The molecule has 0 aromatic carbocycles. The molecule has 1 unspecified atom stereocenters. The number of nitrogens with zero attached hydrogens (tertiary/aromatic N) is 2. The first kappa shape index (κ1) is 12.4. The summed E-state index contributed by atoms with van der Waals surface area (Å²) in [4.78, 5) is 11.2. The summed E-state index contributed by atoms with van der Waals surface area (Å²) in [5, 5.41) is 16.5. The summed E-state index contributed by atoms with van der Waals surface area (Å²) in [6, 6.07) is 3.95. The molecule has 0 aromatic rings. The number of nitriles is 2. The van der Waals surface area contributed by atoms with Gasteiger partial charge in [-0.1, -0.05) is 6.92 Å². The number of hydrogen-bond acceptors (Lipinski definition) is 4. The van der Waals surface area contributed by atoms with Gasteiger partial charge < -0.3 is 4.74 Å². The minimum absolute atomic E-state index is 0.225. The number of unbranched alkanes of at least 4 members (excludes halogenated alkanes) is 1. The Hall–Kier alpha value is -1.55. The van der Waals surface area contributed by atoms with Gasteiger partial charge in [0, 0.05) is 12.8 Å². The largest absolute Gasteiger partial charge is 0.465 e. The van der Waals surface area contributed by atoms with Gasteiger partial charge in [0.05, 0.1) is 24.7 Å². The van der Waals surface area contributed by atoms with Crippen LogP contribution in [-0.2, 0) is 9.53 Å². The average molecular weight is 194 g/mol. The van der Waals surface area contributed by atoms with Crippen LogP contribution in [0.25, 0.3) is 0 Å². The highest BCUT2D eigenvalue weighted by Crippen LogP contribution is 2.07. The third-order valence-electron chi connectivity index (χ3n) is 1.77. The Bertz CT molecular complexity index is 250. The normalized spacial score (nSPS) is 11.1. The van der Waals surface area contributed by atoms with Gasteiger partial charge in [-0.3, -0.25) is 4.79 Å². The van der Waals surface area contributed by atoms with Crippen molar-refractivity contribution in [3.63, 3.8) is 0 Å². The van der Waals surface area contributed by atoms with Crippen LogP contribution < -0.4 is 0 Å². The topological polar surface area (TPSA) is 73.9 Å². The average Bonchev–Trinajstić information content (AvgIpc) is 2.20. The molecule has 0 aromatic heterocycles. The molecule has 0 bridgehead atoms. The Morgan fingerprint density at radius 2 is 2.00 bits per heavy atom. The second-order valence-corrected chi connectivity index (χ2v) is 3.03. The number of hydrogen-bond donors (Lipinski definition) is 0. The Morgan fingerprint density at radius 1 is 1.36 bits per heavy atom. The fourth-order valence-electron chi connectivity index (χ4n) is 0.865. The zero-order valence-corrected chi connectivity index (χ0v) is 8.32. The summed E-state index contributed by atoms with van der Waals surface area (Å²) in [6.07, 6.45) is 1.88. The van der Waals surface area contributed by atoms with Gasteiger partial charge in [0.1, 0.15) is 0 Å². The number of ether oxygens (including phenoxy) is 1. The van der Waals surface area contributed by atoms with Gasteiger partial charge in [-0.05, 0) is 12.8 Å². The van der Waals surface area contributed by atoms with Gasteiger partial charge in [0.15, 0.2) is 0 Å². The molecule has 4 heteroatoms. The van der Waals surface area contributed by atoms with Gasteiger partial charge in [-0.15, -0.1) is 0 Å². The molecule has 4 nitrogen and oxygen atoms in total. The summed E-state index contributed by atoms with van der Waals surface area (Å²) in [6.45, 7) is 2.03. The Labute approximate surface area is 84.1 Å². The SMILES string of the molecule is CC(CCC#N)C(=O)OCCCC#N. The quantitative estimate of drug-likeness (QED) is 0.477. The molecule has 0 aliphatic rings. The molecule has 0 saturated heterocycles. The predicted octanol–water partition coefficient (Wildman–Crippen LogP) is 1.77. The van der Waals surface area contributed by atoms with Gasteiger partial charge >= 0.3 is 5.97 Å². The second kappa shape index (κ2) is 8.07. The van der Waals surface area contributed by atoms with Gasteiger partial charge in [-0.25, -0.2) is 0 Å². The molecule has 0 amide bonds. The van der Waals surface area contributed by atoms with Crippen LogP contribution >= 0.6 is 0 Å². The van der Waals surface area contributed by atoms with Gasteiger partial charge in [0.2, 0.25) is 0 Å². The Balaban J connectivity index is 3.54. The van der Waals surface area contributed by atoms with Crippen LogP contribution in [0.2, 0.25) is 0 Å². The van der Waals surface area contributed by atoms with E-state index in [4.69, 9.17) is 15.3 Å². The molecular weight excluding hydrogens is 180 g/mol. The molecular formula is C10H14N2O2. The van der Waals surface area contributed by atoms with Crippen molar-refractivity contribution in [2.24, 2.45) is 5.92 Å². The van der Waals surface area contributed by atoms with Crippen LogP contribution in [0.3, 0.4) is 0 Å². The van der Waals surface area contributed by atoms with Crippen molar-refractivity contribution < 1.29 is 9.53 Å². The minimum Gasteiger partial charge on any atom is -0.465 e. The third kappa shape index (κ3) is 6.02. The number of esters is 1. The lowest BCUT2D eigenvalue weighted by atomic mass is 10.1. The van der Waals surface area contributed by atoms with Crippen molar-refractivity contribution >= 4 is 5.97 Å². The molecule has 0 radical (unpaired) electrons. The molecule has 0 rings (SSSR count). The lowest BCUT2D eigenvalue weighted by molar-refractivity contribution is -0.148. The maximum Gasteiger partial charge on any atom is 0.308 e. The number of carbonyl (C=O) groups is 1. The van der Waals surface area contributed by atoms with Crippen LogP contribution in [0, 0.1) is 28.6 Å². The van der Waals surface area contributed by atoms with E-state index in [2.05, 4.69) is 0 Å². The highest BCUT2D eigenvalue weighted by molar-refractivity contribution is 5.71. The molecule has 0 N–H and O–H groups in total. The van der Waals surface area contributed by atoms with Crippen molar-refractivity contribution in [2.45, 2.75) is 32.6 Å². The molecule has 0 aliphatic heterocycles. The van der Waals surface area contributed by atoms with Gasteiger partial charge in [0.25, 0.3) is 0 Å². The van der Waals surface area contributed by atoms with E-state index >= 15 is 0 Å². The Morgan fingerprint density at radius 3 is 2.57 bits per heavy atom. The van der Waals surface area contributed by atoms with E-state index < -0.39 is 0 Å². The molecule has 0 spiro atoms. The van der Waals surface area contributed by atoms with E-state index in [9.17, 15) is 4.79 Å². The van der Waals surface area contributed by atoms with Crippen LogP contribution in [0.5, 0.6) is 0 Å². The maximum atomic E-state index is 11.2. The third-order valence-corrected chi connectivity index (χ3v) is 1.77. The summed E-state index contributed by atoms with van der Waals surface area (Å²) in [5.41, 5.74) is 0. The van der Waals surface area contributed by atoms with Crippen LogP contribution in [-0.4, -0.2) is 12.6 Å².